The van der Waals surface area contributed by atoms with Gasteiger partial charge in [-0.2, -0.15) is 0 Å². The van der Waals surface area contributed by atoms with E-state index in [4.69, 9.17) is 0 Å². The van der Waals surface area contributed by atoms with E-state index in [0.717, 1.165) is 11.5 Å². The zero-order valence-electron chi connectivity index (χ0n) is 10.4. The van der Waals surface area contributed by atoms with Crippen LogP contribution < -0.4 is 5.32 Å². The molecule has 3 rings (SSSR count). The first-order valence-corrected chi connectivity index (χ1v) is 6.78. The molecule has 0 saturated carbocycles. The molecule has 0 bridgehead atoms. The molecule has 18 heavy (non-hydrogen) atoms. The predicted octanol–water partition coefficient (Wildman–Crippen LogP) is 4.66. The maximum absolute atomic E-state index is 4.43. The number of benzene rings is 1. The molecule has 2 heterocycles. The normalized spacial score (nSPS) is 10.8. The summed E-state index contributed by atoms with van der Waals surface area (Å²) in [5, 5.41) is 6.69. The van der Waals surface area contributed by atoms with Crippen LogP contribution >= 0.6 is 11.3 Å². The first-order valence-electron chi connectivity index (χ1n) is 5.90. The predicted molar refractivity (Wildman–Crippen MR) is 78.8 cm³/mol. The van der Waals surface area contributed by atoms with Crippen molar-refractivity contribution in [3.05, 3.63) is 53.0 Å². The van der Waals surface area contributed by atoms with E-state index in [-0.39, 0.29) is 0 Å². The summed E-state index contributed by atoms with van der Waals surface area (Å²) in [7, 11) is 0. The Labute approximate surface area is 110 Å². The van der Waals surface area contributed by atoms with Gasteiger partial charge in [-0.15, -0.1) is 11.3 Å². The average Bonchev–Trinajstić information content (AvgIpc) is 2.76. The SMILES string of the molecule is Cc1cc(C)cc(Nc2nccc3sccc23)c1. The van der Waals surface area contributed by atoms with Gasteiger partial charge in [0, 0.05) is 22.0 Å². The Hall–Kier alpha value is -1.87. The molecule has 0 aliphatic heterocycles. The molecule has 0 spiro atoms. The zero-order valence-corrected chi connectivity index (χ0v) is 11.2. The van der Waals surface area contributed by atoms with E-state index in [1.54, 1.807) is 11.3 Å². The maximum Gasteiger partial charge on any atom is 0.139 e. The lowest BCUT2D eigenvalue weighted by Crippen LogP contribution is -1.94. The van der Waals surface area contributed by atoms with E-state index in [2.05, 4.69) is 53.8 Å². The van der Waals surface area contributed by atoms with Crippen LogP contribution in [0.15, 0.2) is 41.9 Å². The Balaban J connectivity index is 2.03. The number of nitrogens with one attached hydrogen (secondary N) is 1. The second-order valence-electron chi connectivity index (χ2n) is 4.49. The summed E-state index contributed by atoms with van der Waals surface area (Å²) in [5.74, 6) is 0.929. The summed E-state index contributed by atoms with van der Waals surface area (Å²) in [5.41, 5.74) is 3.61. The molecule has 2 nitrogen and oxygen atoms in total. The number of thiophene rings is 1. The van der Waals surface area contributed by atoms with Crippen molar-refractivity contribution in [3.8, 4) is 0 Å². The Kier molecular flexibility index (Phi) is 2.76. The highest BCUT2D eigenvalue weighted by Gasteiger charge is 2.04. The highest BCUT2D eigenvalue weighted by molar-refractivity contribution is 7.17. The van der Waals surface area contributed by atoms with Crippen molar-refractivity contribution in [2.75, 3.05) is 5.32 Å². The number of fused-ring (bicyclic) bond motifs is 1. The number of hydrogen-bond acceptors (Lipinski definition) is 3. The second-order valence-corrected chi connectivity index (χ2v) is 5.44. The third-order valence-corrected chi connectivity index (χ3v) is 3.75. The van der Waals surface area contributed by atoms with E-state index in [1.807, 2.05) is 12.3 Å². The minimum absolute atomic E-state index is 0.929. The van der Waals surface area contributed by atoms with Gasteiger partial charge in [-0.1, -0.05) is 6.07 Å². The molecule has 0 atom stereocenters. The summed E-state index contributed by atoms with van der Waals surface area (Å²) in [6.45, 7) is 4.22. The number of pyridine rings is 1. The van der Waals surface area contributed by atoms with Crippen LogP contribution in [0.5, 0.6) is 0 Å². The number of nitrogens with zero attached hydrogens (tertiary/aromatic N) is 1. The van der Waals surface area contributed by atoms with Gasteiger partial charge in [-0.05, 0) is 54.6 Å². The van der Waals surface area contributed by atoms with Gasteiger partial charge in [0.25, 0.3) is 0 Å². The summed E-state index contributed by atoms with van der Waals surface area (Å²) in [6.07, 6.45) is 1.85. The lowest BCUT2D eigenvalue weighted by Gasteiger charge is -2.08. The van der Waals surface area contributed by atoms with Crippen molar-refractivity contribution in [1.29, 1.82) is 0 Å². The minimum Gasteiger partial charge on any atom is -0.340 e. The van der Waals surface area contributed by atoms with E-state index in [0.29, 0.717) is 0 Å². The van der Waals surface area contributed by atoms with E-state index < -0.39 is 0 Å². The minimum atomic E-state index is 0.929. The molecular weight excluding hydrogens is 240 g/mol. The topological polar surface area (TPSA) is 24.9 Å². The van der Waals surface area contributed by atoms with Crippen molar-refractivity contribution < 1.29 is 0 Å². The summed E-state index contributed by atoms with van der Waals surface area (Å²) in [4.78, 5) is 4.43. The Morgan fingerprint density at radius 3 is 2.61 bits per heavy atom. The molecule has 0 fully saturated rings. The van der Waals surface area contributed by atoms with Crippen LogP contribution in [-0.4, -0.2) is 4.98 Å². The maximum atomic E-state index is 4.43. The lowest BCUT2D eigenvalue weighted by atomic mass is 10.1. The average molecular weight is 254 g/mol. The molecule has 3 heteroatoms. The van der Waals surface area contributed by atoms with Crippen LogP contribution in [0.2, 0.25) is 0 Å². The molecule has 90 valence electrons. The number of rotatable bonds is 2. The van der Waals surface area contributed by atoms with Crippen LogP contribution in [0, 0.1) is 13.8 Å². The monoisotopic (exact) mass is 254 g/mol. The number of anilines is 2. The quantitative estimate of drug-likeness (QED) is 0.719. The van der Waals surface area contributed by atoms with Crippen molar-refractivity contribution in [2.24, 2.45) is 0 Å². The Morgan fingerprint density at radius 1 is 1.06 bits per heavy atom. The van der Waals surface area contributed by atoms with Gasteiger partial charge in [-0.25, -0.2) is 4.98 Å². The second kappa shape index (κ2) is 4.42. The van der Waals surface area contributed by atoms with Crippen LogP contribution in [0.25, 0.3) is 10.1 Å². The van der Waals surface area contributed by atoms with Gasteiger partial charge in [0.05, 0.1) is 0 Å². The highest BCUT2D eigenvalue weighted by Crippen LogP contribution is 2.28. The third-order valence-electron chi connectivity index (χ3n) is 2.86. The molecule has 0 aliphatic rings. The standard InChI is InChI=1S/C15H14N2S/c1-10-7-11(2)9-12(8-10)17-15-13-4-6-18-14(13)3-5-16-15/h3-9H,1-2H3,(H,16,17). The first kappa shape index (κ1) is 11.2. The number of aromatic nitrogens is 1. The highest BCUT2D eigenvalue weighted by atomic mass is 32.1. The van der Waals surface area contributed by atoms with E-state index in [1.165, 1.54) is 21.2 Å². The van der Waals surface area contributed by atoms with Gasteiger partial charge < -0.3 is 5.32 Å². The van der Waals surface area contributed by atoms with Crippen molar-refractivity contribution >= 4 is 32.9 Å². The van der Waals surface area contributed by atoms with Crippen LogP contribution in [0.3, 0.4) is 0 Å². The fourth-order valence-corrected chi connectivity index (χ4v) is 2.96. The molecule has 1 aromatic carbocycles. The summed E-state index contributed by atoms with van der Waals surface area (Å²) >= 11 is 1.74. The van der Waals surface area contributed by atoms with E-state index in [9.17, 15) is 0 Å². The molecule has 0 saturated heterocycles. The third kappa shape index (κ3) is 2.09. The fraction of sp³-hybridized carbons (Fsp3) is 0.133. The van der Waals surface area contributed by atoms with Crippen LogP contribution in [0.4, 0.5) is 11.5 Å². The molecule has 3 aromatic rings. The molecule has 0 amide bonds. The molecule has 2 aromatic heterocycles. The van der Waals surface area contributed by atoms with E-state index >= 15 is 0 Å². The molecular formula is C15H14N2S. The Bertz CT molecular complexity index is 680. The van der Waals surface area contributed by atoms with Gasteiger partial charge in [-0.3, -0.25) is 0 Å². The first-order chi connectivity index (χ1) is 8.72. The molecule has 0 aliphatic carbocycles. The van der Waals surface area contributed by atoms with Crippen molar-refractivity contribution in [2.45, 2.75) is 13.8 Å². The van der Waals surface area contributed by atoms with Crippen LogP contribution in [0.1, 0.15) is 11.1 Å². The van der Waals surface area contributed by atoms with Crippen molar-refractivity contribution in [3.63, 3.8) is 0 Å². The van der Waals surface area contributed by atoms with Gasteiger partial charge in [0.15, 0.2) is 0 Å². The molecule has 0 radical (unpaired) electrons. The fourth-order valence-electron chi connectivity index (χ4n) is 2.18. The zero-order chi connectivity index (χ0) is 12.5. The number of aryl methyl sites for hydroxylation is 2. The van der Waals surface area contributed by atoms with Crippen molar-refractivity contribution in [1.82, 2.24) is 4.98 Å². The number of hydrogen-bond donors (Lipinski definition) is 1. The largest absolute Gasteiger partial charge is 0.340 e. The summed E-state index contributed by atoms with van der Waals surface area (Å²) in [6, 6.07) is 10.6. The smallest absolute Gasteiger partial charge is 0.139 e. The Morgan fingerprint density at radius 2 is 1.83 bits per heavy atom. The van der Waals surface area contributed by atoms with Gasteiger partial charge >= 0.3 is 0 Å². The van der Waals surface area contributed by atoms with Crippen LogP contribution in [-0.2, 0) is 0 Å². The van der Waals surface area contributed by atoms with Gasteiger partial charge in [0.2, 0.25) is 0 Å². The van der Waals surface area contributed by atoms with Gasteiger partial charge in [0.1, 0.15) is 5.82 Å². The molecule has 0 unspecified atom stereocenters. The lowest BCUT2D eigenvalue weighted by molar-refractivity contribution is 1.32. The molecule has 1 N–H and O–H groups in total. The summed E-state index contributed by atoms with van der Waals surface area (Å²) < 4.78 is 1.26.